The molecule has 1 heterocycles. The van der Waals surface area contributed by atoms with Crippen molar-refractivity contribution in [1.29, 1.82) is 0 Å². The molecule has 6 heteroatoms. The predicted molar refractivity (Wildman–Crippen MR) is 149 cm³/mol. The predicted octanol–water partition coefficient (Wildman–Crippen LogP) is 5.76. The highest BCUT2D eigenvalue weighted by molar-refractivity contribution is 5.79. The molecule has 1 N–H and O–H groups in total. The summed E-state index contributed by atoms with van der Waals surface area (Å²) in [6.45, 7) is 5.89. The number of allylic oxidation sites excluding steroid dienone is 1. The molecule has 0 aliphatic carbocycles. The monoisotopic (exact) mass is 497 g/mol. The van der Waals surface area contributed by atoms with E-state index in [1.54, 1.807) is 7.11 Å². The molecule has 0 unspecified atom stereocenters. The molecule has 0 aliphatic rings. The van der Waals surface area contributed by atoms with Crippen LogP contribution in [0.5, 0.6) is 11.5 Å². The van der Waals surface area contributed by atoms with Gasteiger partial charge in [-0.15, -0.1) is 0 Å². The van der Waals surface area contributed by atoms with Crippen LogP contribution in [0.25, 0.3) is 17.1 Å². The van der Waals surface area contributed by atoms with Gasteiger partial charge in [-0.2, -0.15) is 0 Å². The molecule has 0 fully saturated rings. The van der Waals surface area contributed by atoms with Crippen molar-refractivity contribution in [3.8, 4) is 11.5 Å². The standard InChI is InChI=1S/C31H35N3O3/c1-4-10-24-15-16-28(29(21-24)36-3)37-20-9-19-34-27-14-8-7-13-26(27)33-30(34)17-18-32-31(35)22-25-12-6-5-11-23(25)2/h4-8,10-16,21H,9,17-20,22H2,1-3H3,(H,32,35)/b10-4+. The number of benzene rings is 3. The van der Waals surface area contributed by atoms with Crippen LogP contribution in [0.4, 0.5) is 0 Å². The first-order valence-electron chi connectivity index (χ1n) is 12.8. The third-order valence-electron chi connectivity index (χ3n) is 6.35. The lowest BCUT2D eigenvalue weighted by Crippen LogP contribution is -2.28. The molecule has 0 saturated heterocycles. The maximum Gasteiger partial charge on any atom is 0.224 e. The highest BCUT2D eigenvalue weighted by atomic mass is 16.5. The van der Waals surface area contributed by atoms with Crippen molar-refractivity contribution in [3.05, 3.63) is 95.3 Å². The van der Waals surface area contributed by atoms with E-state index in [2.05, 4.69) is 16.0 Å². The Hall–Kier alpha value is -4.06. The summed E-state index contributed by atoms with van der Waals surface area (Å²) in [5.41, 5.74) is 5.32. The molecule has 0 spiro atoms. The fourth-order valence-electron chi connectivity index (χ4n) is 4.43. The van der Waals surface area contributed by atoms with E-state index in [1.807, 2.05) is 86.7 Å². The van der Waals surface area contributed by atoms with E-state index in [9.17, 15) is 4.79 Å². The second kappa shape index (κ2) is 12.8. The first-order chi connectivity index (χ1) is 18.1. The molecule has 0 atom stereocenters. The van der Waals surface area contributed by atoms with Gasteiger partial charge in [0.2, 0.25) is 5.91 Å². The number of carbonyl (C=O) groups excluding carboxylic acids is 1. The largest absolute Gasteiger partial charge is 0.493 e. The van der Waals surface area contributed by atoms with Crippen LogP contribution in [0.15, 0.2) is 72.8 Å². The SMILES string of the molecule is C/C=C/c1ccc(OCCCn2c(CCNC(=O)Cc3ccccc3C)nc3ccccc32)c(OC)c1. The molecule has 0 bridgehead atoms. The van der Waals surface area contributed by atoms with Crippen molar-refractivity contribution in [3.63, 3.8) is 0 Å². The van der Waals surface area contributed by atoms with Crippen molar-refractivity contribution in [2.24, 2.45) is 0 Å². The Bertz CT molecular complexity index is 1370. The molecular formula is C31H35N3O3. The Morgan fingerprint density at radius 1 is 1.05 bits per heavy atom. The number of aryl methyl sites for hydroxylation is 2. The number of hydrogen-bond donors (Lipinski definition) is 1. The lowest BCUT2D eigenvalue weighted by molar-refractivity contribution is -0.120. The Morgan fingerprint density at radius 2 is 1.86 bits per heavy atom. The van der Waals surface area contributed by atoms with Gasteiger partial charge in [-0.25, -0.2) is 4.98 Å². The van der Waals surface area contributed by atoms with Gasteiger partial charge >= 0.3 is 0 Å². The number of nitrogens with one attached hydrogen (secondary N) is 1. The molecule has 3 aromatic carbocycles. The smallest absolute Gasteiger partial charge is 0.224 e. The average molecular weight is 498 g/mol. The van der Waals surface area contributed by atoms with E-state index in [4.69, 9.17) is 14.5 Å². The second-order valence-corrected chi connectivity index (χ2v) is 8.98. The summed E-state index contributed by atoms with van der Waals surface area (Å²) >= 11 is 0. The summed E-state index contributed by atoms with van der Waals surface area (Å²) in [5.74, 6) is 2.46. The van der Waals surface area contributed by atoms with Crippen LogP contribution < -0.4 is 14.8 Å². The van der Waals surface area contributed by atoms with Gasteiger partial charge in [-0.05, 0) is 61.2 Å². The van der Waals surface area contributed by atoms with Crippen molar-refractivity contribution >= 4 is 23.0 Å². The number of hydrogen-bond acceptors (Lipinski definition) is 4. The van der Waals surface area contributed by atoms with Gasteiger partial charge in [0, 0.05) is 19.5 Å². The highest BCUT2D eigenvalue weighted by Gasteiger charge is 2.12. The summed E-state index contributed by atoms with van der Waals surface area (Å²) in [7, 11) is 1.66. The Balaban J connectivity index is 1.35. The van der Waals surface area contributed by atoms with Crippen LogP contribution in [0.2, 0.25) is 0 Å². The maximum absolute atomic E-state index is 12.5. The number of nitrogens with zero attached hydrogens (tertiary/aromatic N) is 2. The summed E-state index contributed by atoms with van der Waals surface area (Å²) in [6.07, 6.45) is 5.89. The maximum atomic E-state index is 12.5. The quantitative estimate of drug-likeness (QED) is 0.253. The number of para-hydroxylation sites is 2. The minimum absolute atomic E-state index is 0.0276. The van der Waals surface area contributed by atoms with Gasteiger partial charge in [0.15, 0.2) is 11.5 Å². The second-order valence-electron chi connectivity index (χ2n) is 8.98. The normalized spacial score (nSPS) is 11.2. The summed E-state index contributed by atoms with van der Waals surface area (Å²) in [4.78, 5) is 17.3. The first kappa shape index (κ1) is 26.0. The van der Waals surface area contributed by atoms with Crippen LogP contribution in [0.3, 0.4) is 0 Å². The number of amides is 1. The van der Waals surface area contributed by atoms with Gasteiger partial charge in [-0.1, -0.05) is 54.6 Å². The fourth-order valence-corrected chi connectivity index (χ4v) is 4.43. The number of methoxy groups -OCH3 is 1. The Morgan fingerprint density at radius 3 is 2.68 bits per heavy atom. The number of ether oxygens (including phenoxy) is 2. The van der Waals surface area contributed by atoms with Gasteiger partial charge in [-0.3, -0.25) is 4.79 Å². The topological polar surface area (TPSA) is 65.4 Å². The number of aromatic nitrogens is 2. The fraction of sp³-hybridized carbons (Fsp3) is 0.290. The third-order valence-corrected chi connectivity index (χ3v) is 6.35. The van der Waals surface area contributed by atoms with E-state index < -0.39 is 0 Å². The van der Waals surface area contributed by atoms with Crippen LogP contribution in [0, 0.1) is 6.92 Å². The lowest BCUT2D eigenvalue weighted by atomic mass is 10.1. The van der Waals surface area contributed by atoms with Crippen LogP contribution in [-0.4, -0.2) is 35.7 Å². The zero-order valence-corrected chi connectivity index (χ0v) is 21.9. The van der Waals surface area contributed by atoms with Crippen molar-refractivity contribution in [2.75, 3.05) is 20.3 Å². The first-order valence-corrected chi connectivity index (χ1v) is 12.8. The molecule has 1 aromatic heterocycles. The minimum atomic E-state index is 0.0276. The molecular weight excluding hydrogens is 462 g/mol. The number of imidazole rings is 1. The van der Waals surface area contributed by atoms with Gasteiger partial charge in [0.05, 0.1) is 31.2 Å². The molecule has 6 nitrogen and oxygen atoms in total. The summed E-state index contributed by atoms with van der Waals surface area (Å²) in [6, 6.07) is 22.1. The number of carbonyl (C=O) groups is 1. The third kappa shape index (κ3) is 6.79. The lowest BCUT2D eigenvalue weighted by Gasteiger charge is -2.13. The number of rotatable bonds is 12. The highest BCUT2D eigenvalue weighted by Crippen LogP contribution is 2.29. The van der Waals surface area contributed by atoms with E-state index in [-0.39, 0.29) is 5.91 Å². The Kier molecular flexibility index (Phi) is 8.98. The molecule has 0 aliphatic heterocycles. The van der Waals surface area contributed by atoms with Crippen molar-refractivity contribution in [2.45, 2.75) is 39.7 Å². The van der Waals surface area contributed by atoms with E-state index >= 15 is 0 Å². The minimum Gasteiger partial charge on any atom is -0.493 e. The van der Waals surface area contributed by atoms with Crippen LogP contribution in [0.1, 0.15) is 35.9 Å². The molecule has 4 rings (SSSR count). The van der Waals surface area contributed by atoms with E-state index in [0.717, 1.165) is 58.0 Å². The zero-order chi connectivity index (χ0) is 26.0. The van der Waals surface area contributed by atoms with E-state index in [1.165, 1.54) is 0 Å². The van der Waals surface area contributed by atoms with Crippen molar-refractivity contribution in [1.82, 2.24) is 14.9 Å². The van der Waals surface area contributed by atoms with Gasteiger partial charge < -0.3 is 19.4 Å². The summed E-state index contributed by atoms with van der Waals surface area (Å²) in [5, 5.41) is 3.06. The average Bonchev–Trinajstić information content (AvgIpc) is 3.26. The molecule has 4 aromatic rings. The van der Waals surface area contributed by atoms with Gasteiger partial charge in [0.1, 0.15) is 5.82 Å². The number of fused-ring (bicyclic) bond motifs is 1. The summed E-state index contributed by atoms with van der Waals surface area (Å²) < 4.78 is 13.8. The molecule has 37 heavy (non-hydrogen) atoms. The van der Waals surface area contributed by atoms with Crippen molar-refractivity contribution < 1.29 is 14.3 Å². The molecule has 0 radical (unpaired) electrons. The molecule has 1 amide bonds. The zero-order valence-electron chi connectivity index (χ0n) is 21.9. The van der Waals surface area contributed by atoms with Crippen LogP contribution >= 0.6 is 0 Å². The van der Waals surface area contributed by atoms with Gasteiger partial charge in [0.25, 0.3) is 0 Å². The Labute approximate surface area is 218 Å². The molecule has 0 saturated carbocycles. The van der Waals surface area contributed by atoms with Crippen LogP contribution in [-0.2, 0) is 24.2 Å². The molecule has 192 valence electrons. The van der Waals surface area contributed by atoms with E-state index in [0.29, 0.717) is 26.0 Å².